The van der Waals surface area contributed by atoms with E-state index in [2.05, 4.69) is 41.3 Å². The van der Waals surface area contributed by atoms with Crippen molar-refractivity contribution in [3.63, 3.8) is 0 Å². The van der Waals surface area contributed by atoms with E-state index in [1.807, 2.05) is 65.2 Å². The van der Waals surface area contributed by atoms with Crippen LogP contribution in [0.5, 0.6) is 5.75 Å². The summed E-state index contributed by atoms with van der Waals surface area (Å²) in [5.41, 5.74) is 3.54. The number of hydrogen-bond acceptors (Lipinski definition) is 6. The molecule has 0 spiro atoms. The number of thioether (sulfide) groups is 1. The van der Waals surface area contributed by atoms with Gasteiger partial charge in [-0.25, -0.2) is 0 Å². The summed E-state index contributed by atoms with van der Waals surface area (Å²) >= 11 is 1.33. The number of nitrogens with zero attached hydrogens (tertiary/aromatic N) is 4. The second kappa shape index (κ2) is 10.1. The van der Waals surface area contributed by atoms with E-state index in [1.54, 1.807) is 19.5 Å². The molecule has 7 nitrogen and oxygen atoms in total. The third-order valence-electron chi connectivity index (χ3n) is 5.23. The molecular formula is C26H27N5O2S. The minimum absolute atomic E-state index is 0.0792. The average molecular weight is 474 g/mol. The van der Waals surface area contributed by atoms with E-state index in [4.69, 9.17) is 4.74 Å². The van der Waals surface area contributed by atoms with Gasteiger partial charge in [-0.15, -0.1) is 10.2 Å². The topological polar surface area (TPSA) is 81.9 Å². The van der Waals surface area contributed by atoms with Crippen molar-refractivity contribution in [2.45, 2.75) is 31.3 Å². The number of para-hydroxylation sites is 1. The molecule has 0 aliphatic carbocycles. The maximum Gasteiger partial charge on any atom is 0.234 e. The lowest BCUT2D eigenvalue weighted by atomic mass is 9.86. The van der Waals surface area contributed by atoms with Gasteiger partial charge in [-0.2, -0.15) is 0 Å². The van der Waals surface area contributed by atoms with Crippen LogP contribution in [0.15, 0.2) is 78.2 Å². The number of hydrogen-bond donors (Lipinski definition) is 1. The summed E-state index contributed by atoms with van der Waals surface area (Å²) in [7, 11) is 1.63. The van der Waals surface area contributed by atoms with Crippen molar-refractivity contribution >= 4 is 23.4 Å². The molecule has 0 saturated heterocycles. The zero-order chi connectivity index (χ0) is 24.1. The number of amides is 1. The number of aromatic nitrogens is 4. The molecule has 0 fully saturated rings. The first-order valence-corrected chi connectivity index (χ1v) is 11.9. The first-order chi connectivity index (χ1) is 16.4. The van der Waals surface area contributed by atoms with E-state index < -0.39 is 0 Å². The Balaban J connectivity index is 1.59. The summed E-state index contributed by atoms with van der Waals surface area (Å²) in [6, 6.07) is 19.3. The van der Waals surface area contributed by atoms with Gasteiger partial charge in [0.2, 0.25) is 5.91 Å². The number of carbonyl (C=O) groups excluding carboxylic acids is 1. The van der Waals surface area contributed by atoms with Gasteiger partial charge in [-0.3, -0.25) is 14.3 Å². The maximum absolute atomic E-state index is 12.9. The van der Waals surface area contributed by atoms with Gasteiger partial charge in [0.05, 0.1) is 12.9 Å². The number of rotatable bonds is 7. The summed E-state index contributed by atoms with van der Waals surface area (Å²) in [6.07, 6.45) is 3.46. The van der Waals surface area contributed by atoms with E-state index in [0.717, 1.165) is 28.3 Å². The highest BCUT2D eigenvalue weighted by molar-refractivity contribution is 7.99. The Hall–Kier alpha value is -3.65. The lowest BCUT2D eigenvalue weighted by molar-refractivity contribution is -0.113. The standard InChI is InChI=1S/C26H27N5O2S/c1-26(2,3)21-9-5-6-10-22(21)28-23(32)17-34-25-30-29-24(18-8-7-15-27-16-18)31(25)19-11-13-20(33-4)14-12-19/h5-16H,17H2,1-4H3,(H,28,32). The number of benzene rings is 2. The van der Waals surface area contributed by atoms with Gasteiger partial charge in [0.1, 0.15) is 5.75 Å². The number of pyridine rings is 1. The molecule has 0 radical (unpaired) electrons. The highest BCUT2D eigenvalue weighted by Gasteiger charge is 2.20. The fourth-order valence-electron chi connectivity index (χ4n) is 3.57. The number of methoxy groups -OCH3 is 1. The van der Waals surface area contributed by atoms with Crippen LogP contribution in [-0.2, 0) is 10.2 Å². The van der Waals surface area contributed by atoms with Crippen molar-refractivity contribution in [3.8, 4) is 22.8 Å². The van der Waals surface area contributed by atoms with Crippen molar-refractivity contribution in [2.24, 2.45) is 0 Å². The first kappa shape index (κ1) is 23.5. The Labute approximate surface area is 203 Å². The predicted molar refractivity (Wildman–Crippen MR) is 136 cm³/mol. The Morgan fingerprint density at radius 1 is 1.03 bits per heavy atom. The van der Waals surface area contributed by atoms with Crippen molar-refractivity contribution in [1.29, 1.82) is 0 Å². The van der Waals surface area contributed by atoms with Gasteiger partial charge >= 0.3 is 0 Å². The predicted octanol–water partition coefficient (Wildman–Crippen LogP) is 5.37. The van der Waals surface area contributed by atoms with Crippen LogP contribution in [0.1, 0.15) is 26.3 Å². The lowest BCUT2D eigenvalue weighted by Gasteiger charge is -2.23. The molecule has 0 saturated carbocycles. The summed E-state index contributed by atoms with van der Waals surface area (Å²) in [6.45, 7) is 6.39. The lowest BCUT2D eigenvalue weighted by Crippen LogP contribution is -2.20. The van der Waals surface area contributed by atoms with Gasteiger partial charge in [0, 0.05) is 29.3 Å². The monoisotopic (exact) mass is 473 g/mol. The molecule has 1 N–H and O–H groups in total. The molecule has 8 heteroatoms. The van der Waals surface area contributed by atoms with Gasteiger partial charge in [0.25, 0.3) is 0 Å². The fourth-order valence-corrected chi connectivity index (χ4v) is 4.32. The Morgan fingerprint density at radius 2 is 1.79 bits per heavy atom. The molecule has 0 bridgehead atoms. The molecule has 34 heavy (non-hydrogen) atoms. The number of carbonyl (C=O) groups is 1. The molecule has 4 aromatic rings. The van der Waals surface area contributed by atoms with E-state index in [-0.39, 0.29) is 17.1 Å². The van der Waals surface area contributed by atoms with Crippen LogP contribution in [0.4, 0.5) is 5.69 Å². The van der Waals surface area contributed by atoms with Gasteiger partial charge in [0.15, 0.2) is 11.0 Å². The SMILES string of the molecule is COc1ccc(-n2c(SCC(=O)Nc3ccccc3C(C)(C)C)nnc2-c2cccnc2)cc1. The minimum Gasteiger partial charge on any atom is -0.497 e. The highest BCUT2D eigenvalue weighted by Crippen LogP contribution is 2.31. The molecule has 2 heterocycles. The van der Waals surface area contributed by atoms with Crippen molar-refractivity contribution in [3.05, 3.63) is 78.6 Å². The van der Waals surface area contributed by atoms with Gasteiger partial charge in [-0.05, 0) is 53.4 Å². The summed E-state index contributed by atoms with van der Waals surface area (Å²) in [4.78, 5) is 17.1. The number of anilines is 1. The third-order valence-corrected chi connectivity index (χ3v) is 6.15. The molecule has 2 aromatic carbocycles. The second-order valence-corrected chi connectivity index (χ2v) is 9.66. The van der Waals surface area contributed by atoms with Gasteiger partial charge < -0.3 is 10.1 Å². The molecule has 1 amide bonds. The molecule has 2 aromatic heterocycles. The van der Waals surface area contributed by atoms with Gasteiger partial charge in [-0.1, -0.05) is 50.7 Å². The summed E-state index contributed by atoms with van der Waals surface area (Å²) in [5, 5.41) is 12.5. The van der Waals surface area contributed by atoms with Crippen molar-refractivity contribution < 1.29 is 9.53 Å². The molecule has 0 aliphatic rings. The summed E-state index contributed by atoms with van der Waals surface area (Å²) < 4.78 is 7.22. The van der Waals surface area contributed by atoms with Crippen LogP contribution in [0.2, 0.25) is 0 Å². The van der Waals surface area contributed by atoms with Crippen LogP contribution in [-0.4, -0.2) is 38.5 Å². The number of ether oxygens (including phenoxy) is 1. The maximum atomic E-state index is 12.9. The zero-order valence-corrected chi connectivity index (χ0v) is 20.5. The molecular weight excluding hydrogens is 446 g/mol. The molecule has 174 valence electrons. The smallest absolute Gasteiger partial charge is 0.234 e. The Morgan fingerprint density at radius 3 is 2.47 bits per heavy atom. The van der Waals surface area contributed by atoms with Crippen LogP contribution in [0.3, 0.4) is 0 Å². The Kier molecular flexibility index (Phi) is 6.98. The minimum atomic E-state index is -0.103. The highest BCUT2D eigenvalue weighted by atomic mass is 32.2. The quantitative estimate of drug-likeness (QED) is 0.364. The van der Waals surface area contributed by atoms with E-state index in [0.29, 0.717) is 11.0 Å². The van der Waals surface area contributed by atoms with Crippen LogP contribution < -0.4 is 10.1 Å². The number of nitrogens with one attached hydrogen (secondary N) is 1. The molecule has 4 rings (SSSR count). The largest absolute Gasteiger partial charge is 0.497 e. The third kappa shape index (κ3) is 5.28. The molecule has 0 aliphatic heterocycles. The van der Waals surface area contributed by atoms with E-state index in [1.165, 1.54) is 11.8 Å². The van der Waals surface area contributed by atoms with Crippen LogP contribution in [0, 0.1) is 0 Å². The Bertz CT molecular complexity index is 1260. The van der Waals surface area contributed by atoms with E-state index >= 15 is 0 Å². The first-order valence-electron chi connectivity index (χ1n) is 10.9. The fraction of sp³-hybridized carbons (Fsp3) is 0.231. The second-order valence-electron chi connectivity index (χ2n) is 8.71. The zero-order valence-electron chi connectivity index (χ0n) is 19.6. The van der Waals surface area contributed by atoms with Crippen LogP contribution in [0.25, 0.3) is 17.1 Å². The molecule has 0 unspecified atom stereocenters. The normalized spacial score (nSPS) is 11.3. The molecule has 0 atom stereocenters. The van der Waals surface area contributed by atoms with Crippen molar-refractivity contribution in [1.82, 2.24) is 19.7 Å². The van der Waals surface area contributed by atoms with E-state index in [9.17, 15) is 4.79 Å². The summed E-state index contributed by atoms with van der Waals surface area (Å²) in [5.74, 6) is 1.50. The average Bonchev–Trinajstić information content (AvgIpc) is 3.27. The van der Waals surface area contributed by atoms with Crippen LogP contribution >= 0.6 is 11.8 Å². The van der Waals surface area contributed by atoms with Crippen molar-refractivity contribution in [2.75, 3.05) is 18.2 Å².